The molecule has 0 aliphatic carbocycles. The molecule has 0 saturated heterocycles. The Morgan fingerprint density at radius 2 is 1.70 bits per heavy atom. The highest BCUT2D eigenvalue weighted by Gasteiger charge is 1.71. The van der Waals surface area contributed by atoms with E-state index in [4.69, 9.17) is 0 Å². The zero-order valence-electron chi connectivity index (χ0n) is 7.56. The molecule has 60 valence electrons. The first-order chi connectivity index (χ1) is 4.83. The molecule has 0 N–H and O–H groups in total. The van der Waals surface area contributed by atoms with Crippen LogP contribution in [0.4, 0.5) is 0 Å². The van der Waals surface area contributed by atoms with Crippen molar-refractivity contribution in [3.8, 4) is 0 Å². The van der Waals surface area contributed by atoms with Crippen molar-refractivity contribution in [2.75, 3.05) is 0 Å². The second-order valence-corrected chi connectivity index (χ2v) is 2.10. The Kier molecular flexibility index (Phi) is 19.3. The molecule has 0 radical (unpaired) electrons. The van der Waals surface area contributed by atoms with Crippen molar-refractivity contribution in [2.24, 2.45) is 0 Å². The van der Waals surface area contributed by atoms with Gasteiger partial charge in [0.25, 0.3) is 0 Å². The summed E-state index contributed by atoms with van der Waals surface area (Å²) in [6, 6.07) is 0. The monoisotopic (exact) mass is 140 g/mol. The number of hydrogen-bond acceptors (Lipinski definition) is 0. The van der Waals surface area contributed by atoms with Gasteiger partial charge < -0.3 is 0 Å². The second kappa shape index (κ2) is 15.8. The first-order valence-corrected chi connectivity index (χ1v) is 4.01. The highest BCUT2D eigenvalue weighted by Crippen LogP contribution is 1.91. The zero-order valence-corrected chi connectivity index (χ0v) is 7.56. The van der Waals surface area contributed by atoms with Gasteiger partial charge in [-0.25, -0.2) is 0 Å². The molecule has 0 spiro atoms. The van der Waals surface area contributed by atoms with Crippen LogP contribution in [0.5, 0.6) is 0 Å². The summed E-state index contributed by atoms with van der Waals surface area (Å²) < 4.78 is 0. The molecule has 0 aliphatic heterocycles. The molecule has 0 atom stereocenters. The first-order valence-electron chi connectivity index (χ1n) is 4.01. The van der Waals surface area contributed by atoms with Crippen molar-refractivity contribution in [1.82, 2.24) is 0 Å². The number of rotatable bonds is 3. The van der Waals surface area contributed by atoms with Crippen LogP contribution < -0.4 is 0 Å². The summed E-state index contributed by atoms with van der Waals surface area (Å²) in [4.78, 5) is 0. The summed E-state index contributed by atoms with van der Waals surface area (Å²) in [5.41, 5.74) is 0. The minimum atomic E-state index is 1.18. The van der Waals surface area contributed by atoms with Crippen LogP contribution in [0.2, 0.25) is 0 Å². The fourth-order valence-electron chi connectivity index (χ4n) is 0.348. The SMILES string of the molecule is C/C=C/C.C=CCCCC. The predicted molar refractivity (Wildman–Crippen MR) is 50.2 cm³/mol. The van der Waals surface area contributed by atoms with Crippen LogP contribution in [0.25, 0.3) is 0 Å². The van der Waals surface area contributed by atoms with E-state index in [1.165, 1.54) is 19.3 Å². The topological polar surface area (TPSA) is 0 Å². The Balaban J connectivity index is 0. The molecule has 0 aromatic carbocycles. The molecule has 10 heavy (non-hydrogen) atoms. The van der Waals surface area contributed by atoms with Crippen molar-refractivity contribution in [1.29, 1.82) is 0 Å². The Labute approximate surface area is 65.7 Å². The van der Waals surface area contributed by atoms with Crippen molar-refractivity contribution in [3.63, 3.8) is 0 Å². The molecule has 0 rings (SSSR count). The van der Waals surface area contributed by atoms with E-state index < -0.39 is 0 Å². The lowest BCUT2D eigenvalue weighted by atomic mass is 10.3. The maximum absolute atomic E-state index is 3.60. The Morgan fingerprint density at radius 1 is 1.20 bits per heavy atom. The highest BCUT2D eigenvalue weighted by molar-refractivity contribution is 4.68. The van der Waals surface area contributed by atoms with Gasteiger partial charge in [-0.2, -0.15) is 0 Å². The van der Waals surface area contributed by atoms with E-state index in [2.05, 4.69) is 13.5 Å². The smallest absolute Gasteiger partial charge is 0.0354 e. The van der Waals surface area contributed by atoms with Crippen LogP contribution in [0.3, 0.4) is 0 Å². The average molecular weight is 140 g/mol. The molecule has 0 saturated carbocycles. The van der Waals surface area contributed by atoms with E-state index in [0.29, 0.717) is 0 Å². The molecule has 0 unspecified atom stereocenters. The van der Waals surface area contributed by atoms with Crippen LogP contribution in [0.15, 0.2) is 24.8 Å². The van der Waals surface area contributed by atoms with Gasteiger partial charge >= 0.3 is 0 Å². The van der Waals surface area contributed by atoms with Gasteiger partial charge in [-0.15, -0.1) is 6.58 Å². The van der Waals surface area contributed by atoms with Gasteiger partial charge in [0.2, 0.25) is 0 Å². The third-order valence-electron chi connectivity index (χ3n) is 1.10. The Morgan fingerprint density at radius 3 is 1.80 bits per heavy atom. The fourth-order valence-corrected chi connectivity index (χ4v) is 0.348. The molecule has 0 nitrogen and oxygen atoms in total. The van der Waals surface area contributed by atoms with Gasteiger partial charge in [-0.3, -0.25) is 0 Å². The minimum Gasteiger partial charge on any atom is -0.103 e. The van der Waals surface area contributed by atoms with Crippen LogP contribution in [0.1, 0.15) is 40.0 Å². The summed E-state index contributed by atoms with van der Waals surface area (Å²) in [7, 11) is 0. The minimum absolute atomic E-state index is 1.18. The molecule has 0 amide bonds. The van der Waals surface area contributed by atoms with Gasteiger partial charge in [0.05, 0.1) is 0 Å². The lowest BCUT2D eigenvalue weighted by Gasteiger charge is -1.81. The van der Waals surface area contributed by atoms with Crippen LogP contribution in [-0.4, -0.2) is 0 Å². The van der Waals surface area contributed by atoms with Gasteiger partial charge in [-0.05, 0) is 20.3 Å². The van der Waals surface area contributed by atoms with Crippen molar-refractivity contribution < 1.29 is 0 Å². The van der Waals surface area contributed by atoms with E-state index in [-0.39, 0.29) is 0 Å². The van der Waals surface area contributed by atoms with Crippen molar-refractivity contribution in [3.05, 3.63) is 24.8 Å². The van der Waals surface area contributed by atoms with Crippen LogP contribution in [0, 0.1) is 0 Å². The van der Waals surface area contributed by atoms with E-state index in [9.17, 15) is 0 Å². The van der Waals surface area contributed by atoms with Crippen molar-refractivity contribution in [2.45, 2.75) is 40.0 Å². The molecule has 0 aromatic heterocycles. The summed E-state index contributed by atoms with van der Waals surface area (Å²) in [6.07, 6.45) is 9.72. The van der Waals surface area contributed by atoms with Gasteiger partial charge in [0.1, 0.15) is 0 Å². The standard InChI is InChI=1S/C6H12.C4H8/c1-3-5-6-4-2;1-3-4-2/h3H,1,4-6H2,2H3;3-4H,1-2H3/b;4-3+. The lowest BCUT2D eigenvalue weighted by molar-refractivity contribution is 0.816. The maximum Gasteiger partial charge on any atom is -0.0354 e. The highest BCUT2D eigenvalue weighted by atomic mass is 13.8. The summed E-state index contributed by atoms with van der Waals surface area (Å²) in [5, 5.41) is 0. The first kappa shape index (κ1) is 12.2. The normalized spacial score (nSPS) is 8.70. The summed E-state index contributed by atoms with van der Waals surface area (Å²) in [6.45, 7) is 9.78. The van der Waals surface area contributed by atoms with Crippen LogP contribution >= 0.6 is 0 Å². The molecular weight excluding hydrogens is 120 g/mol. The molecular formula is C10H20. The molecule has 0 aliphatic rings. The number of hydrogen-bond donors (Lipinski definition) is 0. The van der Waals surface area contributed by atoms with Crippen molar-refractivity contribution >= 4 is 0 Å². The van der Waals surface area contributed by atoms with Gasteiger partial charge in [-0.1, -0.05) is 38.0 Å². The van der Waals surface area contributed by atoms with Crippen LogP contribution in [-0.2, 0) is 0 Å². The quantitative estimate of drug-likeness (QED) is 0.411. The third kappa shape index (κ3) is 25.9. The molecule has 0 bridgehead atoms. The van der Waals surface area contributed by atoms with E-state index >= 15 is 0 Å². The van der Waals surface area contributed by atoms with Gasteiger partial charge in [0, 0.05) is 0 Å². The summed E-state index contributed by atoms with van der Waals surface area (Å²) >= 11 is 0. The molecule has 0 heteroatoms. The number of allylic oxidation sites excluding steroid dienone is 3. The Bertz CT molecular complexity index is 66.1. The largest absolute Gasteiger partial charge is 0.103 e. The second-order valence-electron chi connectivity index (χ2n) is 2.10. The molecule has 0 heterocycles. The van der Waals surface area contributed by atoms with E-state index in [1.807, 2.05) is 32.1 Å². The number of unbranched alkanes of at least 4 members (excludes halogenated alkanes) is 2. The Hall–Kier alpha value is -0.520. The maximum atomic E-state index is 3.60. The molecule has 0 fully saturated rings. The zero-order chi connectivity index (χ0) is 8.24. The average Bonchev–Trinajstić information content (AvgIpc) is 2.01. The third-order valence-corrected chi connectivity index (χ3v) is 1.10. The molecule has 0 aromatic rings. The van der Waals surface area contributed by atoms with E-state index in [1.54, 1.807) is 0 Å². The fraction of sp³-hybridized carbons (Fsp3) is 0.600. The predicted octanol–water partition coefficient (Wildman–Crippen LogP) is 3.95. The lowest BCUT2D eigenvalue weighted by Crippen LogP contribution is -1.61. The summed E-state index contributed by atoms with van der Waals surface area (Å²) in [5.74, 6) is 0. The van der Waals surface area contributed by atoms with Gasteiger partial charge in [0.15, 0.2) is 0 Å². The van der Waals surface area contributed by atoms with E-state index in [0.717, 1.165) is 0 Å².